The lowest BCUT2D eigenvalue weighted by atomic mass is 10.1. The molecule has 0 fully saturated rings. The lowest BCUT2D eigenvalue weighted by molar-refractivity contribution is 0.0694. The van der Waals surface area contributed by atoms with Crippen molar-refractivity contribution in [2.75, 3.05) is 0 Å². The Balaban J connectivity index is 2.58. The number of nitrogens with one attached hydrogen (secondary N) is 1. The van der Waals surface area contributed by atoms with Crippen LogP contribution in [0.2, 0.25) is 0 Å². The quantitative estimate of drug-likeness (QED) is 0.817. The first-order valence-electron chi connectivity index (χ1n) is 4.98. The van der Waals surface area contributed by atoms with E-state index in [1.165, 1.54) is 6.07 Å². The van der Waals surface area contributed by atoms with Crippen LogP contribution in [0, 0.1) is 6.92 Å². The zero-order valence-corrected chi connectivity index (χ0v) is 9.10. The van der Waals surface area contributed by atoms with Crippen LogP contribution in [0.3, 0.4) is 0 Å². The van der Waals surface area contributed by atoms with Crippen molar-refractivity contribution in [3.63, 3.8) is 0 Å². The van der Waals surface area contributed by atoms with Crippen molar-refractivity contribution in [2.45, 2.75) is 6.92 Å². The zero-order chi connectivity index (χ0) is 12.4. The maximum atomic E-state index is 11.2. The normalized spacial score (nSPS) is 10.2. The Morgan fingerprint density at radius 3 is 2.76 bits per heavy atom. The summed E-state index contributed by atoms with van der Waals surface area (Å²) in [6, 6.07) is 8.71. The number of carboxylic acids is 1. The average molecular weight is 230 g/mol. The number of rotatable bonds is 2. The number of benzene rings is 1. The van der Waals surface area contributed by atoms with E-state index >= 15 is 0 Å². The number of hydrogen-bond acceptors (Lipinski definition) is 3. The standard InChI is InChI=1S/C12H10N2O3/c1-7-3-2-4-8(5-7)10-6-9(12(16)17)11(15)14-13-10/h2-6H,1H3,(H,14,15)(H,16,17). The van der Waals surface area contributed by atoms with Crippen molar-refractivity contribution in [1.29, 1.82) is 0 Å². The van der Waals surface area contributed by atoms with E-state index in [-0.39, 0.29) is 5.56 Å². The fourth-order valence-corrected chi connectivity index (χ4v) is 1.52. The van der Waals surface area contributed by atoms with E-state index in [9.17, 15) is 9.59 Å². The molecule has 2 aromatic rings. The van der Waals surface area contributed by atoms with Gasteiger partial charge in [-0.25, -0.2) is 9.89 Å². The number of nitrogens with zero attached hydrogens (tertiary/aromatic N) is 1. The third-order valence-corrected chi connectivity index (χ3v) is 2.35. The summed E-state index contributed by atoms with van der Waals surface area (Å²) in [6.07, 6.45) is 0. The van der Waals surface area contributed by atoms with E-state index in [0.29, 0.717) is 5.69 Å². The molecule has 0 aliphatic heterocycles. The maximum absolute atomic E-state index is 11.2. The van der Waals surface area contributed by atoms with Crippen molar-refractivity contribution in [2.24, 2.45) is 0 Å². The highest BCUT2D eigenvalue weighted by Crippen LogP contribution is 2.17. The molecule has 0 unspecified atom stereocenters. The third kappa shape index (κ3) is 2.23. The van der Waals surface area contributed by atoms with E-state index < -0.39 is 11.5 Å². The average Bonchev–Trinajstić information content (AvgIpc) is 2.29. The fourth-order valence-electron chi connectivity index (χ4n) is 1.52. The predicted octanol–water partition coefficient (Wildman–Crippen LogP) is 1.44. The molecule has 1 aromatic carbocycles. The fraction of sp³-hybridized carbons (Fsp3) is 0.0833. The van der Waals surface area contributed by atoms with Crippen molar-refractivity contribution in [1.82, 2.24) is 10.2 Å². The van der Waals surface area contributed by atoms with E-state index in [1.54, 1.807) is 6.07 Å². The molecule has 0 atom stereocenters. The van der Waals surface area contributed by atoms with Crippen LogP contribution < -0.4 is 5.56 Å². The summed E-state index contributed by atoms with van der Waals surface area (Å²) >= 11 is 0. The topological polar surface area (TPSA) is 83.0 Å². The smallest absolute Gasteiger partial charge is 0.341 e. The summed E-state index contributed by atoms with van der Waals surface area (Å²) < 4.78 is 0. The van der Waals surface area contributed by atoms with Gasteiger partial charge in [-0.3, -0.25) is 4.79 Å². The summed E-state index contributed by atoms with van der Waals surface area (Å²) in [5, 5.41) is 14.9. The Kier molecular flexibility index (Phi) is 2.74. The molecule has 0 amide bonds. The number of aromatic amines is 1. The summed E-state index contributed by atoms with van der Waals surface area (Å²) in [7, 11) is 0. The van der Waals surface area contributed by atoms with Crippen LogP contribution in [0.5, 0.6) is 0 Å². The SMILES string of the molecule is Cc1cccc(-c2cc(C(=O)O)c(=O)[nH]n2)c1. The number of aromatic carboxylic acids is 1. The molecule has 5 heteroatoms. The molecular formula is C12H10N2O3. The number of H-pyrrole nitrogens is 1. The van der Waals surface area contributed by atoms with Crippen LogP contribution in [0.15, 0.2) is 35.1 Å². The summed E-state index contributed by atoms with van der Waals surface area (Å²) in [5.74, 6) is -1.26. The van der Waals surface area contributed by atoms with Crippen molar-refractivity contribution < 1.29 is 9.90 Å². The number of aromatic nitrogens is 2. The van der Waals surface area contributed by atoms with Crippen molar-refractivity contribution >= 4 is 5.97 Å². The predicted molar refractivity (Wildman–Crippen MR) is 62.0 cm³/mol. The molecule has 2 N–H and O–H groups in total. The molecule has 86 valence electrons. The van der Waals surface area contributed by atoms with Gasteiger partial charge >= 0.3 is 5.97 Å². The second-order valence-corrected chi connectivity index (χ2v) is 3.67. The molecule has 1 aromatic heterocycles. The summed E-state index contributed by atoms with van der Waals surface area (Å²) in [4.78, 5) is 22.0. The van der Waals surface area contributed by atoms with Crippen LogP contribution in [0.1, 0.15) is 15.9 Å². The molecule has 1 heterocycles. The van der Waals surface area contributed by atoms with Gasteiger partial charge in [0.1, 0.15) is 5.56 Å². The van der Waals surface area contributed by atoms with Gasteiger partial charge in [-0.1, -0.05) is 23.8 Å². The van der Waals surface area contributed by atoms with Crippen molar-refractivity contribution in [3.8, 4) is 11.3 Å². The lowest BCUT2D eigenvalue weighted by Crippen LogP contribution is -2.18. The van der Waals surface area contributed by atoms with E-state index in [0.717, 1.165) is 11.1 Å². The summed E-state index contributed by atoms with van der Waals surface area (Å²) in [5.41, 5.74) is 1.23. The van der Waals surface area contributed by atoms with Gasteiger partial charge < -0.3 is 5.11 Å². The highest BCUT2D eigenvalue weighted by molar-refractivity contribution is 5.88. The van der Waals surface area contributed by atoms with Gasteiger partial charge in [-0.05, 0) is 19.1 Å². The minimum Gasteiger partial charge on any atom is -0.477 e. The largest absolute Gasteiger partial charge is 0.477 e. The van der Waals surface area contributed by atoms with Gasteiger partial charge in [0.15, 0.2) is 0 Å². The number of carboxylic acid groups (broad SMARTS) is 1. The van der Waals surface area contributed by atoms with Crippen LogP contribution in [0.4, 0.5) is 0 Å². The van der Waals surface area contributed by atoms with Gasteiger partial charge in [0, 0.05) is 5.56 Å². The molecule has 0 aliphatic rings. The van der Waals surface area contributed by atoms with Crippen LogP contribution in [0.25, 0.3) is 11.3 Å². The zero-order valence-electron chi connectivity index (χ0n) is 9.10. The molecule has 0 radical (unpaired) electrons. The Morgan fingerprint density at radius 1 is 1.35 bits per heavy atom. The van der Waals surface area contributed by atoms with Gasteiger partial charge in [0.25, 0.3) is 5.56 Å². The number of aryl methyl sites for hydroxylation is 1. The minimum absolute atomic E-state index is 0.309. The Hall–Kier alpha value is -2.43. The molecule has 0 spiro atoms. The monoisotopic (exact) mass is 230 g/mol. The Labute approximate surface area is 96.7 Å². The highest BCUT2D eigenvalue weighted by Gasteiger charge is 2.11. The molecule has 0 saturated carbocycles. The molecule has 0 bridgehead atoms. The van der Waals surface area contributed by atoms with Gasteiger partial charge in [-0.15, -0.1) is 0 Å². The number of hydrogen-bond donors (Lipinski definition) is 2. The van der Waals surface area contributed by atoms with Crippen LogP contribution >= 0.6 is 0 Å². The molecule has 0 aliphatic carbocycles. The molecule has 5 nitrogen and oxygen atoms in total. The molecular weight excluding hydrogens is 220 g/mol. The second-order valence-electron chi connectivity index (χ2n) is 3.67. The molecule has 2 rings (SSSR count). The van der Waals surface area contributed by atoms with Gasteiger partial charge in [0.2, 0.25) is 0 Å². The van der Waals surface area contributed by atoms with E-state index in [4.69, 9.17) is 5.11 Å². The Bertz CT molecular complexity index is 632. The summed E-state index contributed by atoms with van der Waals surface area (Å²) in [6.45, 7) is 1.92. The van der Waals surface area contributed by atoms with Crippen LogP contribution in [-0.4, -0.2) is 21.3 Å². The highest BCUT2D eigenvalue weighted by atomic mass is 16.4. The first-order valence-corrected chi connectivity index (χ1v) is 4.98. The first-order chi connectivity index (χ1) is 8.08. The lowest BCUT2D eigenvalue weighted by Gasteiger charge is -2.02. The first kappa shape index (κ1) is 11.1. The van der Waals surface area contributed by atoms with E-state index in [1.807, 2.05) is 25.1 Å². The Morgan fingerprint density at radius 2 is 2.12 bits per heavy atom. The molecule has 17 heavy (non-hydrogen) atoms. The molecule has 0 saturated heterocycles. The second kappa shape index (κ2) is 4.21. The minimum atomic E-state index is -1.26. The third-order valence-electron chi connectivity index (χ3n) is 2.35. The van der Waals surface area contributed by atoms with Gasteiger partial charge in [-0.2, -0.15) is 5.10 Å². The van der Waals surface area contributed by atoms with Crippen molar-refractivity contribution in [3.05, 3.63) is 51.8 Å². The van der Waals surface area contributed by atoms with Gasteiger partial charge in [0.05, 0.1) is 5.69 Å². The van der Waals surface area contributed by atoms with E-state index in [2.05, 4.69) is 10.2 Å². The number of carbonyl (C=O) groups is 1. The van der Waals surface area contributed by atoms with Crippen LogP contribution in [-0.2, 0) is 0 Å². The maximum Gasteiger partial charge on any atom is 0.341 e.